The Balaban J connectivity index is 1.65. The quantitative estimate of drug-likeness (QED) is 0.536. The molecule has 0 aromatic heterocycles. The number of amides is 3. The van der Waals surface area contributed by atoms with Crippen molar-refractivity contribution in [2.45, 2.75) is 13.8 Å². The van der Waals surface area contributed by atoms with Crippen LogP contribution in [-0.4, -0.2) is 17.7 Å². The number of carbonyl (C=O) groups excluding carboxylic acids is 3. The largest absolute Gasteiger partial charge is 0.322 e. The number of hydrogen-bond acceptors (Lipinski definition) is 3. The smallest absolute Gasteiger partial charge is 0.266 e. The normalized spacial score (nSPS) is 12.9. The van der Waals surface area contributed by atoms with Crippen molar-refractivity contribution in [2.75, 3.05) is 10.2 Å². The molecular formula is C23H16Cl2N2O3. The van der Waals surface area contributed by atoms with E-state index in [1.807, 2.05) is 26.0 Å². The summed E-state index contributed by atoms with van der Waals surface area (Å²) in [6.07, 6.45) is 0. The van der Waals surface area contributed by atoms with Gasteiger partial charge in [0.2, 0.25) is 0 Å². The molecule has 0 saturated heterocycles. The molecule has 0 radical (unpaired) electrons. The van der Waals surface area contributed by atoms with Gasteiger partial charge in [0.1, 0.15) is 0 Å². The lowest BCUT2D eigenvalue weighted by Gasteiger charge is -2.17. The lowest BCUT2D eigenvalue weighted by atomic mass is 10.1. The first-order valence-electron chi connectivity index (χ1n) is 9.13. The minimum atomic E-state index is -0.451. The number of carbonyl (C=O) groups is 3. The van der Waals surface area contributed by atoms with Crippen molar-refractivity contribution < 1.29 is 14.4 Å². The fraction of sp³-hybridized carbons (Fsp3) is 0.0870. The van der Waals surface area contributed by atoms with Crippen LogP contribution in [0.2, 0.25) is 10.0 Å². The zero-order valence-corrected chi connectivity index (χ0v) is 17.6. The molecule has 3 aromatic carbocycles. The molecule has 1 N–H and O–H groups in total. The summed E-state index contributed by atoms with van der Waals surface area (Å²) < 4.78 is 0. The van der Waals surface area contributed by atoms with Gasteiger partial charge in [0.05, 0.1) is 26.9 Å². The number of fused-ring (bicyclic) bond motifs is 1. The van der Waals surface area contributed by atoms with Crippen molar-refractivity contribution in [2.24, 2.45) is 0 Å². The maximum atomic E-state index is 13.0. The van der Waals surface area contributed by atoms with Gasteiger partial charge in [-0.2, -0.15) is 0 Å². The lowest BCUT2D eigenvalue weighted by molar-refractivity contribution is 0.0925. The Bertz CT molecular complexity index is 1240. The van der Waals surface area contributed by atoms with Gasteiger partial charge < -0.3 is 5.32 Å². The van der Waals surface area contributed by atoms with Crippen LogP contribution in [0.25, 0.3) is 0 Å². The molecular weight excluding hydrogens is 423 g/mol. The van der Waals surface area contributed by atoms with E-state index in [4.69, 9.17) is 23.2 Å². The molecule has 0 spiro atoms. The molecule has 1 aliphatic rings. The van der Waals surface area contributed by atoms with Gasteiger partial charge in [0.25, 0.3) is 17.7 Å². The molecule has 30 heavy (non-hydrogen) atoms. The van der Waals surface area contributed by atoms with Crippen LogP contribution in [0.15, 0.2) is 54.6 Å². The first kappa shape index (κ1) is 20.1. The fourth-order valence-corrected chi connectivity index (χ4v) is 3.64. The predicted molar refractivity (Wildman–Crippen MR) is 118 cm³/mol. The Morgan fingerprint density at radius 2 is 1.57 bits per heavy atom. The average molecular weight is 439 g/mol. The molecule has 4 rings (SSSR count). The second-order valence-electron chi connectivity index (χ2n) is 7.08. The van der Waals surface area contributed by atoms with Gasteiger partial charge in [-0.05, 0) is 67.4 Å². The van der Waals surface area contributed by atoms with E-state index in [1.54, 1.807) is 18.2 Å². The molecule has 5 nitrogen and oxygen atoms in total. The van der Waals surface area contributed by atoms with Gasteiger partial charge in [0.15, 0.2) is 0 Å². The summed E-state index contributed by atoms with van der Waals surface area (Å²) in [6.45, 7) is 3.74. The average Bonchev–Trinajstić information content (AvgIpc) is 2.96. The van der Waals surface area contributed by atoms with Crippen LogP contribution >= 0.6 is 23.2 Å². The number of nitrogens with one attached hydrogen (secondary N) is 1. The van der Waals surface area contributed by atoms with Crippen LogP contribution in [0, 0.1) is 13.8 Å². The van der Waals surface area contributed by atoms with E-state index in [-0.39, 0.29) is 16.7 Å². The first-order chi connectivity index (χ1) is 14.3. The van der Waals surface area contributed by atoms with Crippen molar-refractivity contribution in [3.05, 3.63) is 92.5 Å². The highest BCUT2D eigenvalue weighted by atomic mass is 35.5. The summed E-state index contributed by atoms with van der Waals surface area (Å²) in [5.41, 5.74) is 3.48. The Hall–Kier alpha value is -3.15. The number of rotatable bonds is 3. The first-order valence-corrected chi connectivity index (χ1v) is 9.88. The number of anilines is 2. The van der Waals surface area contributed by atoms with Gasteiger partial charge >= 0.3 is 0 Å². The number of nitrogens with zero attached hydrogens (tertiary/aromatic N) is 1. The minimum Gasteiger partial charge on any atom is -0.322 e. The fourth-order valence-electron chi connectivity index (χ4n) is 3.34. The number of hydrogen-bond donors (Lipinski definition) is 1. The number of imide groups is 1. The molecule has 0 atom stereocenters. The number of benzene rings is 3. The van der Waals surface area contributed by atoms with Crippen LogP contribution in [0.4, 0.5) is 11.4 Å². The summed E-state index contributed by atoms with van der Waals surface area (Å²) >= 11 is 11.9. The Kier molecular flexibility index (Phi) is 5.10. The van der Waals surface area contributed by atoms with Gasteiger partial charge in [-0.3, -0.25) is 14.4 Å². The third kappa shape index (κ3) is 3.47. The standard InChI is InChI=1S/C23H16Cl2N2O3/c1-12-3-4-13(2)20(9-12)27-22(29)16-7-5-14(10-17(16)23(27)30)21(28)26-15-6-8-18(24)19(25)11-15/h3-11H,1-2H3,(H,26,28). The van der Waals surface area contributed by atoms with Crippen molar-refractivity contribution in [1.29, 1.82) is 0 Å². The maximum absolute atomic E-state index is 13.0. The molecule has 3 aromatic rings. The van der Waals surface area contributed by atoms with Crippen molar-refractivity contribution in [3.8, 4) is 0 Å². The van der Waals surface area contributed by atoms with E-state index in [9.17, 15) is 14.4 Å². The highest BCUT2D eigenvalue weighted by Crippen LogP contribution is 2.32. The molecule has 0 aliphatic carbocycles. The Labute approximate surface area is 183 Å². The van der Waals surface area contributed by atoms with E-state index in [1.165, 1.54) is 24.3 Å². The van der Waals surface area contributed by atoms with Gasteiger partial charge in [0, 0.05) is 11.3 Å². The predicted octanol–water partition coefficient (Wildman–Crippen LogP) is 5.66. The van der Waals surface area contributed by atoms with Gasteiger partial charge in [-0.1, -0.05) is 35.3 Å². The molecule has 0 unspecified atom stereocenters. The van der Waals surface area contributed by atoms with Crippen LogP contribution < -0.4 is 10.2 Å². The Morgan fingerprint density at radius 1 is 0.833 bits per heavy atom. The van der Waals surface area contributed by atoms with Crippen LogP contribution in [0.5, 0.6) is 0 Å². The highest BCUT2D eigenvalue weighted by molar-refractivity contribution is 6.42. The Morgan fingerprint density at radius 3 is 2.30 bits per heavy atom. The highest BCUT2D eigenvalue weighted by Gasteiger charge is 2.37. The second-order valence-corrected chi connectivity index (χ2v) is 7.89. The van der Waals surface area contributed by atoms with Crippen molar-refractivity contribution >= 4 is 52.3 Å². The molecule has 1 aliphatic heterocycles. The van der Waals surface area contributed by atoms with Crippen LogP contribution in [0.3, 0.4) is 0 Å². The zero-order chi connectivity index (χ0) is 21.6. The summed E-state index contributed by atoms with van der Waals surface area (Å²) in [6, 6.07) is 14.8. The van der Waals surface area contributed by atoms with E-state index in [2.05, 4.69) is 5.32 Å². The molecule has 1 heterocycles. The topological polar surface area (TPSA) is 66.5 Å². The van der Waals surface area contributed by atoms with Gasteiger partial charge in [-0.15, -0.1) is 0 Å². The molecule has 3 amide bonds. The summed E-state index contributed by atoms with van der Waals surface area (Å²) in [4.78, 5) is 39.7. The minimum absolute atomic E-state index is 0.197. The summed E-state index contributed by atoms with van der Waals surface area (Å²) in [5, 5.41) is 3.40. The third-order valence-corrected chi connectivity index (χ3v) is 5.67. The van der Waals surface area contributed by atoms with Crippen molar-refractivity contribution in [3.63, 3.8) is 0 Å². The van der Waals surface area contributed by atoms with E-state index >= 15 is 0 Å². The summed E-state index contributed by atoms with van der Waals surface area (Å²) in [5.74, 6) is -1.28. The van der Waals surface area contributed by atoms with E-state index in [0.717, 1.165) is 16.0 Å². The molecule has 7 heteroatoms. The lowest BCUT2D eigenvalue weighted by Crippen LogP contribution is -2.30. The van der Waals surface area contributed by atoms with E-state index < -0.39 is 17.7 Å². The monoisotopic (exact) mass is 438 g/mol. The van der Waals surface area contributed by atoms with Crippen LogP contribution in [-0.2, 0) is 0 Å². The summed E-state index contributed by atoms with van der Waals surface area (Å²) in [7, 11) is 0. The SMILES string of the molecule is Cc1ccc(C)c(N2C(=O)c3ccc(C(=O)Nc4ccc(Cl)c(Cl)c4)cc3C2=O)c1. The van der Waals surface area contributed by atoms with Crippen molar-refractivity contribution in [1.82, 2.24) is 0 Å². The van der Waals surface area contributed by atoms with Gasteiger partial charge in [-0.25, -0.2) is 4.90 Å². The van der Waals surface area contributed by atoms with Crippen LogP contribution in [0.1, 0.15) is 42.2 Å². The molecule has 0 fully saturated rings. The molecule has 0 bridgehead atoms. The third-order valence-electron chi connectivity index (χ3n) is 4.93. The number of halogens is 2. The zero-order valence-electron chi connectivity index (χ0n) is 16.1. The molecule has 0 saturated carbocycles. The maximum Gasteiger partial charge on any atom is 0.266 e. The van der Waals surface area contributed by atoms with E-state index in [0.29, 0.717) is 21.4 Å². The second kappa shape index (κ2) is 7.59. The number of aryl methyl sites for hydroxylation is 2. The molecule has 150 valence electrons.